The van der Waals surface area contributed by atoms with Crippen molar-refractivity contribution in [2.75, 3.05) is 36.4 Å². The molecular weight excluding hydrogens is 535 g/mol. The van der Waals surface area contributed by atoms with Gasteiger partial charge in [-0.15, -0.1) is 0 Å². The molecule has 1 amide bonds. The summed E-state index contributed by atoms with van der Waals surface area (Å²) in [6.45, 7) is 5.03. The zero-order chi connectivity index (χ0) is 28.3. The summed E-state index contributed by atoms with van der Waals surface area (Å²) in [6, 6.07) is 12.9. The van der Waals surface area contributed by atoms with Crippen molar-refractivity contribution < 1.29 is 19.4 Å². The molecule has 5 rings (SSSR count). The van der Waals surface area contributed by atoms with Crippen LogP contribution in [0.4, 0.5) is 15.9 Å². The minimum atomic E-state index is -1.97. The van der Waals surface area contributed by atoms with Crippen molar-refractivity contribution in [2.24, 2.45) is 0 Å². The molecule has 0 saturated carbocycles. The zero-order valence-electron chi connectivity index (χ0n) is 22.4. The van der Waals surface area contributed by atoms with Crippen molar-refractivity contribution >= 4 is 29.0 Å². The van der Waals surface area contributed by atoms with E-state index in [1.54, 1.807) is 42.7 Å². The lowest BCUT2D eigenvalue weighted by molar-refractivity contribution is -0.286. The Hall–Kier alpha value is -3.15. The first-order valence-electron chi connectivity index (χ1n) is 13.5. The van der Waals surface area contributed by atoms with Crippen molar-refractivity contribution in [1.82, 2.24) is 19.8 Å². The Labute approximate surface area is 238 Å². The number of likely N-dealkylation sites (tertiary alicyclic amines) is 1. The number of hydrogen-bond donors (Lipinski definition) is 3. The van der Waals surface area contributed by atoms with E-state index in [0.717, 1.165) is 31.5 Å². The second-order valence-corrected chi connectivity index (χ2v) is 10.9. The van der Waals surface area contributed by atoms with E-state index in [-0.39, 0.29) is 35.9 Å². The van der Waals surface area contributed by atoms with Gasteiger partial charge in [0.25, 0.3) is 5.91 Å². The lowest BCUT2D eigenvalue weighted by Gasteiger charge is -2.46. The highest BCUT2D eigenvalue weighted by atomic mass is 35.5. The molecule has 212 valence electrons. The number of nitrogens with zero attached hydrogens (tertiary/aromatic N) is 5. The molecule has 0 radical (unpaired) electrons. The van der Waals surface area contributed by atoms with Gasteiger partial charge in [0.2, 0.25) is 5.91 Å². The molecule has 2 aliphatic rings. The monoisotopic (exact) mass is 568 g/mol. The average Bonchev–Trinajstić information content (AvgIpc) is 3.06. The van der Waals surface area contributed by atoms with Gasteiger partial charge in [-0.25, -0.2) is 14.3 Å². The summed E-state index contributed by atoms with van der Waals surface area (Å²) in [5.41, 5.74) is 1.78. The summed E-state index contributed by atoms with van der Waals surface area (Å²) in [4.78, 5) is 27.4. The molecule has 2 aliphatic heterocycles. The lowest BCUT2D eigenvalue weighted by atomic mass is 9.99. The minimum Gasteiger partial charge on any atom is -0.355 e. The summed E-state index contributed by atoms with van der Waals surface area (Å²) < 4.78 is 13.4. The third-order valence-corrected chi connectivity index (χ3v) is 8.03. The standard InChI is InChI=1S/C29H34ClFN6O3/c1-20-18-36(27-4-2-3-26(34-27)28(38)33-23-7-12-32-13-8-23)16-11-29(39,40)37(20)24-9-14-35(15-10-24)19-21-5-6-22(31)17-25(21)30/h2-8,12-13,17,20,24,39-40H,9-11,14-16,18-19H2,1H3,(H,32,33,38). The first kappa shape index (κ1) is 28.4. The number of piperidine rings is 1. The number of halogens is 2. The minimum absolute atomic E-state index is 0.0182. The van der Waals surface area contributed by atoms with E-state index in [9.17, 15) is 19.4 Å². The van der Waals surface area contributed by atoms with Crippen LogP contribution in [-0.4, -0.2) is 80.1 Å². The maximum atomic E-state index is 13.4. The van der Waals surface area contributed by atoms with Crippen LogP contribution in [0.3, 0.4) is 0 Å². The number of aliphatic hydroxyl groups is 2. The van der Waals surface area contributed by atoms with E-state index in [2.05, 4.69) is 20.2 Å². The maximum Gasteiger partial charge on any atom is 0.274 e. The predicted molar refractivity (Wildman–Crippen MR) is 151 cm³/mol. The highest BCUT2D eigenvalue weighted by Crippen LogP contribution is 2.32. The van der Waals surface area contributed by atoms with Crippen LogP contribution in [0, 0.1) is 5.82 Å². The van der Waals surface area contributed by atoms with Gasteiger partial charge in [-0.3, -0.25) is 14.7 Å². The summed E-state index contributed by atoms with van der Waals surface area (Å²) in [6.07, 6.45) is 4.83. The van der Waals surface area contributed by atoms with Crippen LogP contribution < -0.4 is 10.2 Å². The molecule has 3 N–H and O–H groups in total. The molecule has 0 spiro atoms. The topological polar surface area (TPSA) is 105 Å². The number of aromatic nitrogens is 2. The molecule has 40 heavy (non-hydrogen) atoms. The number of anilines is 2. The number of benzene rings is 1. The van der Waals surface area contributed by atoms with Crippen LogP contribution in [0.2, 0.25) is 5.02 Å². The van der Waals surface area contributed by atoms with Crippen molar-refractivity contribution in [3.63, 3.8) is 0 Å². The summed E-state index contributed by atoms with van der Waals surface area (Å²) >= 11 is 6.23. The van der Waals surface area contributed by atoms with Crippen LogP contribution in [0.5, 0.6) is 0 Å². The van der Waals surface area contributed by atoms with Gasteiger partial charge in [-0.2, -0.15) is 0 Å². The average molecular weight is 569 g/mol. The summed E-state index contributed by atoms with van der Waals surface area (Å²) in [5, 5.41) is 25.6. The normalized spacial score (nSPS) is 20.7. The molecule has 4 heterocycles. The van der Waals surface area contributed by atoms with Gasteiger partial charge in [0, 0.05) is 61.2 Å². The summed E-state index contributed by atoms with van der Waals surface area (Å²) in [7, 11) is 0. The van der Waals surface area contributed by atoms with Gasteiger partial charge in [-0.05, 0) is 74.8 Å². The Morgan fingerprint density at radius 3 is 2.60 bits per heavy atom. The molecule has 9 nitrogen and oxygen atoms in total. The van der Waals surface area contributed by atoms with E-state index >= 15 is 0 Å². The van der Waals surface area contributed by atoms with Gasteiger partial charge in [0.15, 0.2) is 0 Å². The highest BCUT2D eigenvalue weighted by Gasteiger charge is 2.44. The molecule has 1 unspecified atom stereocenters. The van der Waals surface area contributed by atoms with Gasteiger partial charge in [0.1, 0.15) is 17.3 Å². The zero-order valence-corrected chi connectivity index (χ0v) is 23.1. The Balaban J connectivity index is 1.23. The van der Waals surface area contributed by atoms with Crippen LogP contribution in [0.25, 0.3) is 0 Å². The second kappa shape index (κ2) is 12.2. The van der Waals surface area contributed by atoms with E-state index in [0.29, 0.717) is 36.2 Å². The molecule has 2 aromatic heterocycles. The van der Waals surface area contributed by atoms with Gasteiger partial charge in [0.05, 0.1) is 0 Å². The molecule has 2 fully saturated rings. The van der Waals surface area contributed by atoms with Crippen molar-refractivity contribution in [2.45, 2.75) is 50.7 Å². The third kappa shape index (κ3) is 6.59. The quantitative estimate of drug-likeness (QED) is 0.387. The van der Waals surface area contributed by atoms with Crippen LogP contribution in [0.1, 0.15) is 42.2 Å². The molecule has 3 aromatic rings. The number of amides is 1. The molecule has 1 atom stereocenters. The first-order valence-corrected chi connectivity index (χ1v) is 13.9. The number of rotatable bonds is 6. The van der Waals surface area contributed by atoms with Crippen molar-refractivity contribution in [3.8, 4) is 0 Å². The number of nitrogens with one attached hydrogen (secondary N) is 1. The van der Waals surface area contributed by atoms with E-state index in [1.165, 1.54) is 12.1 Å². The second-order valence-electron chi connectivity index (χ2n) is 10.5. The molecule has 0 aliphatic carbocycles. The number of carbonyl (C=O) groups excluding carboxylic acids is 1. The van der Waals surface area contributed by atoms with Gasteiger partial charge < -0.3 is 20.4 Å². The fourth-order valence-corrected chi connectivity index (χ4v) is 5.96. The molecule has 11 heteroatoms. The van der Waals surface area contributed by atoms with Crippen molar-refractivity contribution in [3.05, 3.63) is 83.0 Å². The molecular formula is C29H34ClFN6O3. The Bertz CT molecular complexity index is 1320. The number of hydrogen-bond acceptors (Lipinski definition) is 8. The Morgan fingerprint density at radius 2 is 1.88 bits per heavy atom. The summed E-state index contributed by atoms with van der Waals surface area (Å²) in [5.74, 6) is -2.05. The largest absolute Gasteiger partial charge is 0.355 e. The Kier molecular flexibility index (Phi) is 8.62. The van der Waals surface area contributed by atoms with E-state index in [1.807, 2.05) is 22.8 Å². The lowest BCUT2D eigenvalue weighted by Crippen LogP contribution is -2.60. The van der Waals surface area contributed by atoms with Gasteiger partial charge >= 0.3 is 0 Å². The Morgan fingerprint density at radius 1 is 1.12 bits per heavy atom. The maximum absolute atomic E-state index is 13.4. The van der Waals surface area contributed by atoms with Crippen LogP contribution in [-0.2, 0) is 6.54 Å². The SMILES string of the molecule is CC1CN(c2cccc(C(=O)Nc3ccncc3)n2)CCC(O)(O)N1C1CCN(Cc2ccc(F)cc2Cl)CC1. The first-order chi connectivity index (χ1) is 19.2. The van der Waals surface area contributed by atoms with E-state index in [4.69, 9.17) is 11.6 Å². The van der Waals surface area contributed by atoms with E-state index < -0.39 is 5.91 Å². The van der Waals surface area contributed by atoms with Gasteiger partial charge in [-0.1, -0.05) is 23.7 Å². The van der Waals surface area contributed by atoms with Crippen LogP contribution >= 0.6 is 11.6 Å². The number of pyridine rings is 2. The fraction of sp³-hybridized carbons (Fsp3) is 0.414. The highest BCUT2D eigenvalue weighted by molar-refractivity contribution is 6.31. The fourth-order valence-electron chi connectivity index (χ4n) is 5.73. The third-order valence-electron chi connectivity index (χ3n) is 7.68. The molecule has 0 bridgehead atoms. The smallest absolute Gasteiger partial charge is 0.274 e. The molecule has 2 saturated heterocycles. The molecule has 1 aromatic carbocycles. The van der Waals surface area contributed by atoms with Crippen LogP contribution in [0.15, 0.2) is 60.9 Å². The predicted octanol–water partition coefficient (Wildman–Crippen LogP) is 3.73. The van der Waals surface area contributed by atoms with Crippen molar-refractivity contribution in [1.29, 1.82) is 0 Å². The number of carbonyl (C=O) groups is 1.